The molecule has 1 aromatic carbocycles. The van der Waals surface area contributed by atoms with Crippen LogP contribution in [0.4, 0.5) is 13.2 Å². The van der Waals surface area contributed by atoms with Crippen molar-refractivity contribution in [3.05, 3.63) is 52.8 Å². The maximum Gasteiger partial charge on any atom is 0.435 e. The molecule has 2 aliphatic rings. The zero-order valence-corrected chi connectivity index (χ0v) is 20.6. The van der Waals surface area contributed by atoms with Crippen LogP contribution in [0.5, 0.6) is 0 Å². The summed E-state index contributed by atoms with van der Waals surface area (Å²) in [7, 11) is 1.29. The minimum Gasteiger partial charge on any atom is -0.348 e. The molecule has 4 rings (SSSR count). The van der Waals surface area contributed by atoms with Crippen LogP contribution in [-0.4, -0.2) is 50.0 Å². The van der Waals surface area contributed by atoms with E-state index in [4.69, 9.17) is 0 Å². The van der Waals surface area contributed by atoms with Gasteiger partial charge in [0.2, 0.25) is 5.91 Å². The van der Waals surface area contributed by atoms with Gasteiger partial charge in [0, 0.05) is 30.9 Å². The highest BCUT2D eigenvalue weighted by Gasteiger charge is 2.52. The first-order valence-electron chi connectivity index (χ1n) is 12.0. The summed E-state index contributed by atoms with van der Waals surface area (Å²) in [5.41, 5.74) is -1.85. The van der Waals surface area contributed by atoms with E-state index in [-0.39, 0.29) is 18.0 Å². The second-order valence-corrected chi connectivity index (χ2v) is 9.90. The van der Waals surface area contributed by atoms with E-state index < -0.39 is 40.8 Å². The van der Waals surface area contributed by atoms with Gasteiger partial charge < -0.3 is 15.5 Å². The maximum absolute atomic E-state index is 13.2. The van der Waals surface area contributed by atoms with Gasteiger partial charge in [0.1, 0.15) is 5.54 Å². The Morgan fingerprint density at radius 1 is 1.08 bits per heavy atom. The Morgan fingerprint density at radius 3 is 2.19 bits per heavy atom. The highest BCUT2D eigenvalue weighted by atomic mass is 19.4. The van der Waals surface area contributed by atoms with Crippen LogP contribution < -0.4 is 10.6 Å². The zero-order chi connectivity index (χ0) is 26.4. The average Bonchev–Trinajstić information content (AvgIpc) is 3.36. The molecule has 2 aromatic rings. The summed E-state index contributed by atoms with van der Waals surface area (Å²) < 4.78 is 40.6. The van der Waals surface area contributed by atoms with Crippen LogP contribution in [0.3, 0.4) is 0 Å². The largest absolute Gasteiger partial charge is 0.435 e. The molecule has 194 valence electrons. The quantitative estimate of drug-likeness (QED) is 0.627. The predicted octanol–water partition coefficient (Wildman–Crippen LogP) is 3.59. The summed E-state index contributed by atoms with van der Waals surface area (Å²) in [5.74, 6) is -1.49. The predicted molar refractivity (Wildman–Crippen MR) is 125 cm³/mol. The standard InChI is InChI=1S/C25H30F3N5O3/c1-14-5-6-15(2)33(14)22(35)18-9-7-17(8-10-18)16(3)29-23(36)24(11-12-24)30-21(34)19-13-32(4)31-20(19)25(26,27)28/h7-10,13-16H,5-6,11-12H2,1-4H3,(H,29,36)(H,30,34)/t14?,15?,16-/m1/s1. The van der Waals surface area contributed by atoms with E-state index in [0.717, 1.165) is 29.3 Å². The fourth-order valence-electron chi connectivity index (χ4n) is 4.76. The second-order valence-electron chi connectivity index (χ2n) is 9.90. The lowest BCUT2D eigenvalue weighted by molar-refractivity contribution is -0.141. The van der Waals surface area contributed by atoms with E-state index >= 15 is 0 Å². The minimum absolute atomic E-state index is 0.0241. The van der Waals surface area contributed by atoms with Crippen molar-refractivity contribution in [3.8, 4) is 0 Å². The molecule has 2 unspecified atom stereocenters. The lowest BCUT2D eigenvalue weighted by atomic mass is 10.0. The molecule has 2 heterocycles. The lowest BCUT2D eigenvalue weighted by Gasteiger charge is -2.26. The van der Waals surface area contributed by atoms with Crippen molar-refractivity contribution in [2.75, 3.05) is 0 Å². The van der Waals surface area contributed by atoms with Crippen molar-refractivity contribution in [2.24, 2.45) is 7.05 Å². The fourth-order valence-corrected chi connectivity index (χ4v) is 4.76. The minimum atomic E-state index is -4.79. The molecule has 3 atom stereocenters. The molecule has 0 radical (unpaired) electrons. The third-order valence-corrected chi connectivity index (χ3v) is 7.07. The van der Waals surface area contributed by atoms with Gasteiger partial charge in [0.25, 0.3) is 11.8 Å². The number of hydrogen-bond acceptors (Lipinski definition) is 4. The van der Waals surface area contributed by atoms with E-state index in [1.165, 1.54) is 7.05 Å². The van der Waals surface area contributed by atoms with Gasteiger partial charge in [-0.1, -0.05) is 12.1 Å². The highest BCUT2D eigenvalue weighted by Crippen LogP contribution is 2.38. The molecule has 3 amide bonds. The number of hydrogen-bond donors (Lipinski definition) is 2. The molecule has 11 heteroatoms. The first-order chi connectivity index (χ1) is 16.8. The molecule has 1 saturated carbocycles. The number of benzene rings is 1. The number of aryl methyl sites for hydroxylation is 1. The number of carbonyl (C=O) groups excluding carboxylic acids is 3. The molecule has 1 saturated heterocycles. The van der Waals surface area contributed by atoms with E-state index in [2.05, 4.69) is 15.7 Å². The lowest BCUT2D eigenvalue weighted by Crippen LogP contribution is -2.49. The van der Waals surface area contributed by atoms with Crippen LogP contribution in [0.15, 0.2) is 30.5 Å². The third kappa shape index (κ3) is 4.96. The van der Waals surface area contributed by atoms with Crippen molar-refractivity contribution < 1.29 is 27.6 Å². The summed E-state index contributed by atoms with van der Waals surface area (Å²) in [5, 5.41) is 8.65. The number of likely N-dealkylation sites (tertiary alicyclic amines) is 1. The highest BCUT2D eigenvalue weighted by molar-refractivity contribution is 6.01. The van der Waals surface area contributed by atoms with Crippen molar-refractivity contribution >= 4 is 17.7 Å². The number of rotatable bonds is 6. The van der Waals surface area contributed by atoms with Crippen molar-refractivity contribution in [3.63, 3.8) is 0 Å². The summed E-state index contributed by atoms with van der Waals surface area (Å²) in [6.07, 6.45) is -1.21. The van der Waals surface area contributed by atoms with Gasteiger partial charge in [-0.3, -0.25) is 19.1 Å². The number of amides is 3. The van der Waals surface area contributed by atoms with Gasteiger partial charge in [-0.05, 0) is 64.2 Å². The Kier molecular flexibility index (Phi) is 6.61. The Hall–Kier alpha value is -3.37. The molecule has 36 heavy (non-hydrogen) atoms. The molecule has 8 nitrogen and oxygen atoms in total. The molecular formula is C25H30F3N5O3. The number of halogens is 3. The Morgan fingerprint density at radius 2 is 1.67 bits per heavy atom. The molecule has 0 spiro atoms. The summed E-state index contributed by atoms with van der Waals surface area (Å²) in [6.45, 7) is 5.84. The molecule has 1 aliphatic heterocycles. The summed E-state index contributed by atoms with van der Waals surface area (Å²) in [6, 6.07) is 6.94. The van der Waals surface area contributed by atoms with Crippen molar-refractivity contribution in [2.45, 2.75) is 76.3 Å². The molecule has 1 aliphatic carbocycles. The fraction of sp³-hybridized carbons (Fsp3) is 0.520. The monoisotopic (exact) mass is 505 g/mol. The van der Waals surface area contributed by atoms with Crippen LogP contribution in [0.2, 0.25) is 0 Å². The number of alkyl halides is 3. The maximum atomic E-state index is 13.2. The molecular weight excluding hydrogens is 475 g/mol. The van der Waals surface area contributed by atoms with E-state index in [1.807, 2.05) is 18.7 Å². The summed E-state index contributed by atoms with van der Waals surface area (Å²) in [4.78, 5) is 40.4. The Bertz CT molecular complexity index is 1160. The first-order valence-corrected chi connectivity index (χ1v) is 12.0. The van der Waals surface area contributed by atoms with Gasteiger partial charge in [-0.25, -0.2) is 0 Å². The second kappa shape index (κ2) is 9.25. The van der Waals surface area contributed by atoms with E-state index in [9.17, 15) is 27.6 Å². The SMILES string of the molecule is CC1CCC(C)N1C(=O)c1ccc([C@@H](C)NC(=O)C2(NC(=O)c3cn(C)nc3C(F)(F)F)CC2)cc1. The van der Waals surface area contributed by atoms with Crippen LogP contribution in [0.25, 0.3) is 0 Å². The average molecular weight is 506 g/mol. The van der Waals surface area contributed by atoms with Gasteiger partial charge in [0.15, 0.2) is 5.69 Å². The Labute approximate surface area is 207 Å². The molecule has 1 aromatic heterocycles. The number of nitrogens with one attached hydrogen (secondary N) is 2. The van der Waals surface area contributed by atoms with E-state index in [1.54, 1.807) is 31.2 Å². The normalized spacial score (nSPS) is 21.7. The molecule has 2 N–H and O–H groups in total. The number of aromatic nitrogens is 2. The third-order valence-electron chi connectivity index (χ3n) is 7.07. The van der Waals surface area contributed by atoms with Crippen LogP contribution in [-0.2, 0) is 18.0 Å². The van der Waals surface area contributed by atoms with Crippen molar-refractivity contribution in [1.29, 1.82) is 0 Å². The summed E-state index contributed by atoms with van der Waals surface area (Å²) >= 11 is 0. The van der Waals surface area contributed by atoms with Gasteiger partial charge in [0.05, 0.1) is 11.6 Å². The van der Waals surface area contributed by atoms with Crippen LogP contribution >= 0.6 is 0 Å². The van der Waals surface area contributed by atoms with E-state index in [0.29, 0.717) is 18.4 Å². The number of carbonyl (C=O) groups is 3. The Balaban J connectivity index is 1.40. The van der Waals surface area contributed by atoms with Crippen LogP contribution in [0, 0.1) is 0 Å². The molecule has 0 bridgehead atoms. The zero-order valence-electron chi connectivity index (χ0n) is 20.6. The van der Waals surface area contributed by atoms with Crippen molar-refractivity contribution in [1.82, 2.24) is 25.3 Å². The first kappa shape index (κ1) is 25.7. The number of nitrogens with zero attached hydrogens (tertiary/aromatic N) is 3. The van der Waals surface area contributed by atoms with Gasteiger partial charge in [-0.15, -0.1) is 0 Å². The van der Waals surface area contributed by atoms with Gasteiger partial charge in [-0.2, -0.15) is 18.3 Å². The van der Waals surface area contributed by atoms with Crippen LogP contribution in [0.1, 0.15) is 84.5 Å². The topological polar surface area (TPSA) is 96.3 Å². The molecule has 2 fully saturated rings. The smallest absolute Gasteiger partial charge is 0.348 e. The van der Waals surface area contributed by atoms with Gasteiger partial charge >= 0.3 is 6.18 Å².